The minimum absolute atomic E-state index is 0.0926. The summed E-state index contributed by atoms with van der Waals surface area (Å²) in [6.45, 7) is 2.51. The van der Waals surface area contributed by atoms with Gasteiger partial charge in [0.1, 0.15) is 5.75 Å². The molecule has 0 aliphatic heterocycles. The fraction of sp³-hybridized carbons (Fsp3) is 0.533. The minimum Gasteiger partial charge on any atom is -0.494 e. The van der Waals surface area contributed by atoms with Crippen molar-refractivity contribution in [1.29, 1.82) is 0 Å². The van der Waals surface area contributed by atoms with Crippen molar-refractivity contribution in [2.24, 2.45) is 5.92 Å². The number of hydrogen-bond acceptors (Lipinski definition) is 3. The number of carbonyl (C=O) groups excluding carboxylic acids is 1. The van der Waals surface area contributed by atoms with Gasteiger partial charge in [-0.15, -0.1) is 0 Å². The van der Waals surface area contributed by atoms with Gasteiger partial charge in [-0.25, -0.2) is 0 Å². The predicted molar refractivity (Wildman–Crippen MR) is 77.7 cm³/mol. The van der Waals surface area contributed by atoms with Crippen LogP contribution in [0.25, 0.3) is 0 Å². The molecule has 1 aromatic rings. The molecule has 0 aromatic heterocycles. The number of methoxy groups -OCH3 is 1. The molecule has 1 aromatic carbocycles. The number of anilines is 2. The maximum atomic E-state index is 11.1. The molecule has 0 atom stereocenters. The molecule has 0 spiro atoms. The van der Waals surface area contributed by atoms with Gasteiger partial charge in [-0.05, 0) is 30.9 Å². The van der Waals surface area contributed by atoms with Crippen LogP contribution in [0.2, 0.25) is 0 Å². The lowest BCUT2D eigenvalue weighted by molar-refractivity contribution is -0.114. The predicted octanol–water partition coefficient (Wildman–Crippen LogP) is 3.26. The molecule has 1 amide bonds. The van der Waals surface area contributed by atoms with Crippen molar-refractivity contribution in [2.75, 3.05) is 24.3 Å². The molecule has 2 N–H and O–H groups in total. The summed E-state index contributed by atoms with van der Waals surface area (Å²) >= 11 is 0. The Morgan fingerprint density at radius 3 is 2.74 bits per heavy atom. The molecule has 1 aliphatic carbocycles. The summed E-state index contributed by atoms with van der Waals surface area (Å²) in [6.07, 6.45) is 5.37. The van der Waals surface area contributed by atoms with Crippen molar-refractivity contribution < 1.29 is 9.53 Å². The Balaban J connectivity index is 1.99. The highest BCUT2D eigenvalue weighted by atomic mass is 16.5. The van der Waals surface area contributed by atoms with Crippen molar-refractivity contribution in [3.8, 4) is 5.75 Å². The summed E-state index contributed by atoms with van der Waals surface area (Å²) < 4.78 is 5.30. The molecule has 0 heterocycles. The maximum absolute atomic E-state index is 11.1. The van der Waals surface area contributed by atoms with Crippen LogP contribution in [0, 0.1) is 5.92 Å². The molecule has 0 bridgehead atoms. The molecule has 1 fully saturated rings. The second-order valence-electron chi connectivity index (χ2n) is 5.13. The molecule has 104 valence electrons. The quantitative estimate of drug-likeness (QED) is 0.856. The van der Waals surface area contributed by atoms with Gasteiger partial charge in [-0.3, -0.25) is 4.79 Å². The Morgan fingerprint density at radius 1 is 1.37 bits per heavy atom. The number of carbonyl (C=O) groups is 1. The number of ether oxygens (including phenoxy) is 1. The average molecular weight is 262 g/mol. The zero-order chi connectivity index (χ0) is 13.7. The number of rotatable bonds is 5. The molecule has 1 aliphatic rings. The van der Waals surface area contributed by atoms with E-state index >= 15 is 0 Å². The highest BCUT2D eigenvalue weighted by molar-refractivity contribution is 5.90. The molecule has 4 heteroatoms. The molecule has 2 rings (SSSR count). The summed E-state index contributed by atoms with van der Waals surface area (Å²) in [4.78, 5) is 11.1. The largest absolute Gasteiger partial charge is 0.494 e. The molecule has 0 saturated heterocycles. The summed E-state index contributed by atoms with van der Waals surface area (Å²) in [5, 5.41) is 6.21. The summed E-state index contributed by atoms with van der Waals surface area (Å²) in [5.74, 6) is 1.39. The van der Waals surface area contributed by atoms with Crippen LogP contribution in [0.1, 0.15) is 32.6 Å². The Hall–Kier alpha value is -1.71. The van der Waals surface area contributed by atoms with Crippen molar-refractivity contribution >= 4 is 17.3 Å². The van der Waals surface area contributed by atoms with Crippen LogP contribution >= 0.6 is 0 Å². The lowest BCUT2D eigenvalue weighted by Crippen LogP contribution is -2.11. The number of nitrogens with one attached hydrogen (secondary N) is 2. The Kier molecular flexibility index (Phi) is 4.66. The Morgan fingerprint density at radius 2 is 2.11 bits per heavy atom. The van der Waals surface area contributed by atoms with Gasteiger partial charge < -0.3 is 15.4 Å². The van der Waals surface area contributed by atoms with Crippen LogP contribution < -0.4 is 15.4 Å². The first-order chi connectivity index (χ1) is 9.19. The molecule has 4 nitrogen and oxygen atoms in total. The van der Waals surface area contributed by atoms with Crippen molar-refractivity contribution in [3.05, 3.63) is 18.2 Å². The van der Waals surface area contributed by atoms with E-state index in [-0.39, 0.29) is 5.91 Å². The monoisotopic (exact) mass is 262 g/mol. The first-order valence-electron chi connectivity index (χ1n) is 6.88. The van der Waals surface area contributed by atoms with Crippen LogP contribution in [-0.2, 0) is 4.79 Å². The highest BCUT2D eigenvalue weighted by Crippen LogP contribution is 2.29. The van der Waals surface area contributed by atoms with Crippen molar-refractivity contribution in [2.45, 2.75) is 32.6 Å². The normalized spacial score (nSPS) is 15.3. The van der Waals surface area contributed by atoms with E-state index in [0.717, 1.165) is 18.2 Å². The van der Waals surface area contributed by atoms with Crippen LogP contribution in [0.5, 0.6) is 5.75 Å². The summed E-state index contributed by atoms with van der Waals surface area (Å²) in [7, 11) is 1.61. The fourth-order valence-electron chi connectivity index (χ4n) is 2.57. The van der Waals surface area contributed by atoms with E-state index in [4.69, 9.17) is 4.74 Å². The Bertz CT molecular complexity index is 440. The molecule has 0 unspecified atom stereocenters. The van der Waals surface area contributed by atoms with Crippen molar-refractivity contribution in [1.82, 2.24) is 0 Å². The van der Waals surface area contributed by atoms with Gasteiger partial charge in [0.2, 0.25) is 5.91 Å². The van der Waals surface area contributed by atoms with Gasteiger partial charge in [-0.1, -0.05) is 12.8 Å². The highest BCUT2D eigenvalue weighted by Gasteiger charge is 2.14. The SMILES string of the molecule is COc1cc(NCC2CCCC2)ccc1NC(C)=O. The topological polar surface area (TPSA) is 50.4 Å². The summed E-state index contributed by atoms with van der Waals surface area (Å²) in [6, 6.07) is 5.78. The fourth-order valence-corrected chi connectivity index (χ4v) is 2.57. The van der Waals surface area contributed by atoms with Gasteiger partial charge >= 0.3 is 0 Å². The minimum atomic E-state index is -0.0926. The third kappa shape index (κ3) is 3.88. The third-order valence-electron chi connectivity index (χ3n) is 3.58. The van der Waals surface area contributed by atoms with E-state index in [0.29, 0.717) is 11.4 Å². The Labute approximate surface area is 114 Å². The first kappa shape index (κ1) is 13.7. The van der Waals surface area contributed by atoms with E-state index < -0.39 is 0 Å². The van der Waals surface area contributed by atoms with Crippen LogP contribution in [0.4, 0.5) is 11.4 Å². The number of benzene rings is 1. The second-order valence-corrected chi connectivity index (χ2v) is 5.13. The maximum Gasteiger partial charge on any atom is 0.221 e. The van der Waals surface area contributed by atoms with Gasteiger partial charge in [0.05, 0.1) is 12.8 Å². The van der Waals surface area contributed by atoms with E-state index in [1.54, 1.807) is 7.11 Å². The molecular formula is C15H22N2O2. The van der Waals surface area contributed by atoms with E-state index in [2.05, 4.69) is 10.6 Å². The average Bonchev–Trinajstić information content (AvgIpc) is 2.90. The molecule has 19 heavy (non-hydrogen) atoms. The first-order valence-corrected chi connectivity index (χ1v) is 6.88. The second kappa shape index (κ2) is 6.45. The smallest absolute Gasteiger partial charge is 0.221 e. The van der Waals surface area contributed by atoms with Gasteiger partial charge in [0.25, 0.3) is 0 Å². The standard InChI is InChI=1S/C15H22N2O2/c1-11(18)17-14-8-7-13(9-15(14)19-2)16-10-12-5-3-4-6-12/h7-9,12,16H,3-6,10H2,1-2H3,(H,17,18). The molecule has 1 saturated carbocycles. The van der Waals surface area contributed by atoms with Gasteiger partial charge in [0.15, 0.2) is 0 Å². The zero-order valence-corrected chi connectivity index (χ0v) is 11.7. The van der Waals surface area contributed by atoms with E-state index in [9.17, 15) is 4.79 Å². The van der Waals surface area contributed by atoms with Gasteiger partial charge in [0, 0.05) is 25.2 Å². The van der Waals surface area contributed by atoms with Crippen LogP contribution in [0.3, 0.4) is 0 Å². The number of amides is 1. The molecule has 0 radical (unpaired) electrons. The third-order valence-corrected chi connectivity index (χ3v) is 3.58. The van der Waals surface area contributed by atoms with Crippen molar-refractivity contribution in [3.63, 3.8) is 0 Å². The lowest BCUT2D eigenvalue weighted by Gasteiger charge is -2.14. The van der Waals surface area contributed by atoms with E-state index in [1.807, 2.05) is 18.2 Å². The lowest BCUT2D eigenvalue weighted by atomic mass is 10.1. The number of hydrogen-bond donors (Lipinski definition) is 2. The van der Waals surface area contributed by atoms with Crippen LogP contribution in [0.15, 0.2) is 18.2 Å². The summed E-state index contributed by atoms with van der Waals surface area (Å²) in [5.41, 5.74) is 1.75. The van der Waals surface area contributed by atoms with E-state index in [1.165, 1.54) is 32.6 Å². The molecular weight excluding hydrogens is 240 g/mol. The van der Waals surface area contributed by atoms with Crippen LogP contribution in [-0.4, -0.2) is 19.6 Å². The van der Waals surface area contributed by atoms with Gasteiger partial charge in [-0.2, -0.15) is 0 Å². The zero-order valence-electron chi connectivity index (χ0n) is 11.7.